The van der Waals surface area contributed by atoms with Gasteiger partial charge in [0.2, 0.25) is 5.95 Å². The minimum Gasteiger partial charge on any atom is -0.465 e. The lowest BCUT2D eigenvalue weighted by atomic mass is 10.00. The summed E-state index contributed by atoms with van der Waals surface area (Å²) in [5.41, 5.74) is 2.61. The van der Waals surface area contributed by atoms with Crippen LogP contribution in [0.5, 0.6) is 0 Å². The number of benzene rings is 1. The number of likely N-dealkylation sites (tertiary alicyclic amines) is 1. The molecule has 1 fully saturated rings. The Labute approximate surface area is 201 Å². The van der Waals surface area contributed by atoms with Crippen LogP contribution >= 0.6 is 23.2 Å². The zero-order valence-electron chi connectivity index (χ0n) is 18.2. The van der Waals surface area contributed by atoms with E-state index < -0.39 is 6.09 Å². The molecule has 9 nitrogen and oxygen atoms in total. The Morgan fingerprint density at radius 2 is 2.15 bits per heavy atom. The SMILES string of the molecule is O=C(O)N1CCCCC1CCNc1ncc(Cl)c(CCNCc2[nH]nc3ccc(Cl)cc23)n1. The van der Waals surface area contributed by atoms with Crippen molar-refractivity contribution in [1.82, 2.24) is 30.4 Å². The molecule has 1 aliphatic rings. The van der Waals surface area contributed by atoms with Gasteiger partial charge in [-0.25, -0.2) is 14.8 Å². The van der Waals surface area contributed by atoms with Gasteiger partial charge in [-0.05, 0) is 43.9 Å². The third kappa shape index (κ3) is 6.04. The van der Waals surface area contributed by atoms with Crippen LogP contribution in [0.1, 0.15) is 37.1 Å². The maximum absolute atomic E-state index is 11.4. The van der Waals surface area contributed by atoms with Gasteiger partial charge in [0.05, 0.1) is 28.1 Å². The Balaban J connectivity index is 1.26. The molecule has 2 aromatic heterocycles. The molecular weight excluding hydrogens is 465 g/mol. The first kappa shape index (κ1) is 23.5. The van der Waals surface area contributed by atoms with E-state index in [1.165, 1.54) is 0 Å². The number of rotatable bonds is 9. The van der Waals surface area contributed by atoms with Crippen LogP contribution in [-0.4, -0.2) is 61.9 Å². The van der Waals surface area contributed by atoms with Crippen LogP contribution in [0.15, 0.2) is 24.4 Å². The summed E-state index contributed by atoms with van der Waals surface area (Å²) in [6.45, 7) is 2.50. The summed E-state index contributed by atoms with van der Waals surface area (Å²) < 4.78 is 0. The molecule has 3 heterocycles. The molecule has 1 aromatic carbocycles. The molecule has 1 atom stereocenters. The van der Waals surface area contributed by atoms with Gasteiger partial charge in [0.1, 0.15) is 0 Å². The third-order valence-electron chi connectivity index (χ3n) is 5.89. The van der Waals surface area contributed by atoms with E-state index in [1.54, 1.807) is 11.1 Å². The number of carbonyl (C=O) groups is 1. The van der Waals surface area contributed by atoms with Crippen LogP contribution in [0.3, 0.4) is 0 Å². The number of hydrogen-bond acceptors (Lipinski definition) is 6. The van der Waals surface area contributed by atoms with Gasteiger partial charge < -0.3 is 20.6 Å². The number of amides is 1. The third-order valence-corrected chi connectivity index (χ3v) is 6.44. The maximum Gasteiger partial charge on any atom is 0.407 e. The molecule has 1 amide bonds. The number of H-pyrrole nitrogens is 1. The van der Waals surface area contributed by atoms with Crippen molar-refractivity contribution in [3.8, 4) is 0 Å². The lowest BCUT2D eigenvalue weighted by molar-refractivity contribution is 0.105. The van der Waals surface area contributed by atoms with Crippen LogP contribution < -0.4 is 10.6 Å². The highest BCUT2D eigenvalue weighted by atomic mass is 35.5. The summed E-state index contributed by atoms with van der Waals surface area (Å²) in [5, 5.41) is 25.5. The minimum atomic E-state index is -0.844. The second-order valence-electron chi connectivity index (χ2n) is 8.12. The number of aromatic nitrogens is 4. The highest BCUT2D eigenvalue weighted by molar-refractivity contribution is 6.31. The molecule has 11 heteroatoms. The summed E-state index contributed by atoms with van der Waals surface area (Å²) in [5.74, 6) is 0.501. The van der Waals surface area contributed by atoms with Crippen LogP contribution in [0.25, 0.3) is 10.9 Å². The van der Waals surface area contributed by atoms with Gasteiger partial charge >= 0.3 is 6.09 Å². The standard InChI is InChI=1S/C22H27Cl2N7O2/c23-14-4-5-18-16(11-14)20(30-29-18)13-25-8-7-19-17(24)12-27-21(28-19)26-9-6-15-3-1-2-10-31(15)22(32)33/h4-5,11-12,15,25H,1-3,6-10,13H2,(H,29,30)(H,32,33)(H,26,27,28). The molecule has 1 saturated heterocycles. The first-order chi connectivity index (χ1) is 16.0. The Hall–Kier alpha value is -2.62. The smallest absolute Gasteiger partial charge is 0.407 e. The molecule has 33 heavy (non-hydrogen) atoms. The zero-order chi connectivity index (χ0) is 23.2. The number of aromatic amines is 1. The van der Waals surface area contributed by atoms with Crippen molar-refractivity contribution in [2.45, 2.75) is 44.7 Å². The van der Waals surface area contributed by atoms with E-state index in [9.17, 15) is 9.90 Å². The fourth-order valence-corrected chi connectivity index (χ4v) is 4.51. The molecule has 0 radical (unpaired) electrons. The van der Waals surface area contributed by atoms with Crippen molar-refractivity contribution < 1.29 is 9.90 Å². The number of hydrogen-bond donors (Lipinski definition) is 4. The van der Waals surface area contributed by atoms with Crippen LogP contribution in [0.2, 0.25) is 10.0 Å². The lowest BCUT2D eigenvalue weighted by Gasteiger charge is -2.33. The summed E-state index contributed by atoms with van der Waals surface area (Å²) in [4.78, 5) is 21.8. The van der Waals surface area contributed by atoms with Crippen molar-refractivity contribution in [2.75, 3.05) is 25.0 Å². The topological polar surface area (TPSA) is 119 Å². The lowest BCUT2D eigenvalue weighted by Crippen LogP contribution is -2.43. The van der Waals surface area contributed by atoms with E-state index in [-0.39, 0.29) is 6.04 Å². The van der Waals surface area contributed by atoms with Gasteiger partial charge in [0.25, 0.3) is 0 Å². The average molecular weight is 492 g/mol. The highest BCUT2D eigenvalue weighted by Gasteiger charge is 2.25. The number of nitrogens with zero attached hydrogens (tertiary/aromatic N) is 4. The molecule has 0 bridgehead atoms. The fourth-order valence-electron chi connectivity index (χ4n) is 4.16. The van der Waals surface area contributed by atoms with Gasteiger partial charge in [0.15, 0.2) is 0 Å². The minimum absolute atomic E-state index is 0.0353. The van der Waals surface area contributed by atoms with E-state index >= 15 is 0 Å². The zero-order valence-corrected chi connectivity index (χ0v) is 19.7. The first-order valence-electron chi connectivity index (χ1n) is 11.1. The van der Waals surface area contributed by atoms with Crippen molar-refractivity contribution in [1.29, 1.82) is 0 Å². The number of fused-ring (bicyclic) bond motifs is 1. The normalized spacial score (nSPS) is 16.3. The van der Waals surface area contributed by atoms with Crippen LogP contribution in [0.4, 0.5) is 10.7 Å². The molecule has 4 N–H and O–H groups in total. The predicted molar refractivity (Wildman–Crippen MR) is 129 cm³/mol. The van der Waals surface area contributed by atoms with Gasteiger partial charge in [-0.3, -0.25) is 5.10 Å². The van der Waals surface area contributed by atoms with E-state index in [0.717, 1.165) is 48.0 Å². The summed E-state index contributed by atoms with van der Waals surface area (Å²) in [7, 11) is 0. The van der Waals surface area contributed by atoms with Crippen LogP contribution in [0, 0.1) is 0 Å². The van der Waals surface area contributed by atoms with Crippen molar-refractivity contribution in [3.05, 3.63) is 45.8 Å². The molecule has 176 valence electrons. The Kier molecular flexibility index (Phi) is 7.85. The van der Waals surface area contributed by atoms with E-state index in [2.05, 4.69) is 30.8 Å². The van der Waals surface area contributed by atoms with Crippen LogP contribution in [-0.2, 0) is 13.0 Å². The van der Waals surface area contributed by atoms with Gasteiger partial charge in [-0.1, -0.05) is 23.2 Å². The van der Waals surface area contributed by atoms with Gasteiger partial charge in [-0.15, -0.1) is 0 Å². The maximum atomic E-state index is 11.4. The molecule has 0 saturated carbocycles. The predicted octanol–water partition coefficient (Wildman–Crippen LogP) is 4.33. The molecule has 0 spiro atoms. The van der Waals surface area contributed by atoms with Gasteiger partial charge in [-0.2, -0.15) is 5.10 Å². The number of anilines is 1. The van der Waals surface area contributed by atoms with Crippen molar-refractivity contribution in [3.63, 3.8) is 0 Å². The molecule has 4 rings (SSSR count). The van der Waals surface area contributed by atoms with Gasteiger partial charge in [0, 0.05) is 49.1 Å². The molecule has 1 aliphatic heterocycles. The van der Waals surface area contributed by atoms with Crippen molar-refractivity contribution in [2.24, 2.45) is 0 Å². The second kappa shape index (κ2) is 11.0. The van der Waals surface area contributed by atoms with E-state index in [4.69, 9.17) is 23.2 Å². The first-order valence-corrected chi connectivity index (χ1v) is 11.8. The fraction of sp³-hybridized carbons (Fsp3) is 0.455. The summed E-state index contributed by atoms with van der Waals surface area (Å²) in [6, 6.07) is 5.65. The highest BCUT2D eigenvalue weighted by Crippen LogP contribution is 2.21. The summed E-state index contributed by atoms with van der Waals surface area (Å²) in [6.07, 6.45) is 4.99. The summed E-state index contributed by atoms with van der Waals surface area (Å²) >= 11 is 12.4. The molecular formula is C22H27Cl2N7O2. The molecule has 1 unspecified atom stereocenters. The quantitative estimate of drug-likeness (QED) is 0.329. The number of halogens is 2. The largest absolute Gasteiger partial charge is 0.465 e. The number of nitrogens with one attached hydrogen (secondary N) is 3. The molecule has 0 aliphatic carbocycles. The van der Waals surface area contributed by atoms with E-state index in [1.807, 2.05) is 18.2 Å². The second-order valence-corrected chi connectivity index (χ2v) is 8.96. The number of piperidine rings is 1. The Morgan fingerprint density at radius 3 is 3.00 bits per heavy atom. The average Bonchev–Trinajstić information content (AvgIpc) is 3.20. The monoisotopic (exact) mass is 491 g/mol. The van der Waals surface area contributed by atoms with Crippen molar-refractivity contribution >= 4 is 46.1 Å². The Morgan fingerprint density at radius 1 is 1.27 bits per heavy atom. The molecule has 3 aromatic rings. The van der Waals surface area contributed by atoms with E-state index in [0.29, 0.717) is 48.6 Å². The Bertz CT molecular complexity index is 1110. The number of carboxylic acid groups (broad SMARTS) is 1.